The van der Waals surface area contributed by atoms with Crippen molar-refractivity contribution in [3.8, 4) is 0 Å². The fraction of sp³-hybridized carbons (Fsp3) is 0.133. The van der Waals surface area contributed by atoms with Crippen LogP contribution < -0.4 is 4.72 Å². The van der Waals surface area contributed by atoms with E-state index in [-0.39, 0.29) is 23.7 Å². The topological polar surface area (TPSA) is 83.5 Å². The Balaban J connectivity index is 2.38. The molecule has 2 aromatic carbocycles. The number of carboxylic acid groups (broad SMARTS) is 1. The summed E-state index contributed by atoms with van der Waals surface area (Å²) in [6.07, 6.45) is -5.22. The molecule has 0 heterocycles. The molecule has 2 N–H and O–H groups in total. The van der Waals surface area contributed by atoms with Gasteiger partial charge in [0.2, 0.25) is 0 Å². The van der Waals surface area contributed by atoms with Gasteiger partial charge in [0.1, 0.15) is 10.7 Å². The minimum Gasteiger partial charge on any atom is -0.481 e. The smallest absolute Gasteiger partial charge is 0.416 e. The van der Waals surface area contributed by atoms with Crippen LogP contribution in [0.15, 0.2) is 47.4 Å². The van der Waals surface area contributed by atoms with Gasteiger partial charge in [-0.1, -0.05) is 12.1 Å². The van der Waals surface area contributed by atoms with Gasteiger partial charge in [-0.25, -0.2) is 12.8 Å². The number of carbonyl (C=O) groups is 1. The van der Waals surface area contributed by atoms with Crippen LogP contribution in [0.1, 0.15) is 11.1 Å². The fourth-order valence-electron chi connectivity index (χ4n) is 2.02. The van der Waals surface area contributed by atoms with Crippen molar-refractivity contribution in [3.63, 3.8) is 0 Å². The van der Waals surface area contributed by atoms with Crippen molar-refractivity contribution in [3.05, 3.63) is 59.4 Å². The standard InChI is InChI=1S/C15H11F4NO4S/c16-12-5-4-10(15(17,18)19)8-13(12)25(23,24)20-11-3-1-2-9(6-11)7-14(21)22/h1-6,8,20H,7H2,(H,21,22). The second kappa shape index (κ2) is 6.71. The predicted molar refractivity (Wildman–Crippen MR) is 80.0 cm³/mol. The summed E-state index contributed by atoms with van der Waals surface area (Å²) < 4.78 is 78.2. The number of hydrogen-bond donors (Lipinski definition) is 2. The van der Waals surface area contributed by atoms with Gasteiger partial charge < -0.3 is 5.11 Å². The molecular weight excluding hydrogens is 366 g/mol. The van der Waals surface area contributed by atoms with Gasteiger partial charge in [0.15, 0.2) is 0 Å². The maximum Gasteiger partial charge on any atom is 0.416 e. The molecule has 0 saturated carbocycles. The van der Waals surface area contributed by atoms with Crippen LogP contribution in [-0.2, 0) is 27.4 Å². The molecule has 10 heteroatoms. The number of benzene rings is 2. The van der Waals surface area contributed by atoms with E-state index in [2.05, 4.69) is 0 Å². The molecule has 0 aliphatic rings. The van der Waals surface area contributed by atoms with Gasteiger partial charge in [-0.05, 0) is 35.9 Å². The van der Waals surface area contributed by atoms with E-state index < -0.39 is 38.4 Å². The Bertz CT molecular complexity index is 910. The maximum absolute atomic E-state index is 13.7. The van der Waals surface area contributed by atoms with Crippen LogP contribution in [0.4, 0.5) is 23.2 Å². The maximum atomic E-state index is 13.7. The molecule has 0 atom stereocenters. The monoisotopic (exact) mass is 377 g/mol. The molecule has 0 bridgehead atoms. The Morgan fingerprint density at radius 3 is 2.40 bits per heavy atom. The zero-order valence-corrected chi connectivity index (χ0v) is 13.2. The van der Waals surface area contributed by atoms with E-state index in [4.69, 9.17) is 5.11 Å². The van der Waals surface area contributed by atoms with Crippen molar-refractivity contribution >= 4 is 21.7 Å². The largest absolute Gasteiger partial charge is 0.481 e. The summed E-state index contributed by atoms with van der Waals surface area (Å²) in [6, 6.07) is 6.28. The molecule has 2 aromatic rings. The van der Waals surface area contributed by atoms with Gasteiger partial charge in [-0.2, -0.15) is 13.2 Å². The average molecular weight is 377 g/mol. The number of aliphatic carboxylic acids is 1. The number of rotatable bonds is 5. The summed E-state index contributed by atoms with van der Waals surface area (Å²) in [4.78, 5) is 9.51. The highest BCUT2D eigenvalue weighted by Gasteiger charge is 2.33. The van der Waals surface area contributed by atoms with Crippen molar-refractivity contribution in [1.82, 2.24) is 0 Å². The van der Waals surface area contributed by atoms with Crippen molar-refractivity contribution in [2.24, 2.45) is 0 Å². The summed E-state index contributed by atoms with van der Waals surface area (Å²) in [7, 11) is -4.64. The summed E-state index contributed by atoms with van der Waals surface area (Å²) >= 11 is 0. The third-order valence-electron chi connectivity index (χ3n) is 3.08. The molecule has 5 nitrogen and oxygen atoms in total. The zero-order valence-electron chi connectivity index (χ0n) is 12.3. The first-order valence-corrected chi connectivity index (χ1v) is 8.17. The third kappa shape index (κ3) is 4.69. The Morgan fingerprint density at radius 1 is 1.12 bits per heavy atom. The van der Waals surface area contributed by atoms with Crippen LogP contribution in [0.25, 0.3) is 0 Å². The second-order valence-electron chi connectivity index (χ2n) is 5.02. The van der Waals surface area contributed by atoms with Gasteiger partial charge in [0.05, 0.1) is 12.0 Å². The van der Waals surface area contributed by atoms with E-state index >= 15 is 0 Å². The number of sulfonamides is 1. The van der Waals surface area contributed by atoms with Gasteiger partial charge in [-0.3, -0.25) is 9.52 Å². The fourth-order valence-corrected chi connectivity index (χ4v) is 3.17. The molecule has 0 saturated heterocycles. The molecular formula is C15H11F4NO4S. The third-order valence-corrected chi connectivity index (χ3v) is 4.48. The molecule has 25 heavy (non-hydrogen) atoms. The first-order chi connectivity index (χ1) is 11.5. The van der Waals surface area contributed by atoms with E-state index in [1.54, 1.807) is 0 Å². The minimum atomic E-state index is -4.83. The number of halogens is 4. The van der Waals surface area contributed by atoms with Crippen LogP contribution in [-0.4, -0.2) is 19.5 Å². The van der Waals surface area contributed by atoms with Crippen molar-refractivity contribution in [1.29, 1.82) is 0 Å². The molecule has 0 fully saturated rings. The Labute approximate surface area is 140 Å². The Hall–Kier alpha value is -2.62. The second-order valence-corrected chi connectivity index (χ2v) is 6.67. The number of nitrogens with one attached hydrogen (secondary N) is 1. The Kier molecular flexibility index (Phi) is 5.02. The van der Waals surface area contributed by atoms with Crippen molar-refractivity contribution in [2.45, 2.75) is 17.5 Å². The van der Waals surface area contributed by atoms with Crippen LogP contribution in [0.5, 0.6) is 0 Å². The number of carboxylic acids is 1. The quantitative estimate of drug-likeness (QED) is 0.784. The molecule has 0 radical (unpaired) electrons. The van der Waals surface area contributed by atoms with Gasteiger partial charge >= 0.3 is 12.1 Å². The van der Waals surface area contributed by atoms with Crippen molar-refractivity contribution in [2.75, 3.05) is 4.72 Å². The van der Waals surface area contributed by atoms with Crippen molar-refractivity contribution < 1.29 is 35.9 Å². The highest BCUT2D eigenvalue weighted by atomic mass is 32.2. The van der Waals surface area contributed by atoms with Crippen LogP contribution in [0, 0.1) is 5.82 Å². The van der Waals surface area contributed by atoms with Crippen LogP contribution in [0.3, 0.4) is 0 Å². The van der Waals surface area contributed by atoms with E-state index in [1.807, 2.05) is 4.72 Å². The van der Waals surface area contributed by atoms with E-state index in [1.165, 1.54) is 24.3 Å². The highest BCUT2D eigenvalue weighted by molar-refractivity contribution is 7.92. The SMILES string of the molecule is O=C(O)Cc1cccc(NS(=O)(=O)c2cc(C(F)(F)F)ccc2F)c1. The molecule has 0 spiro atoms. The first kappa shape index (κ1) is 18.7. The zero-order chi connectivity index (χ0) is 18.8. The molecule has 134 valence electrons. The Morgan fingerprint density at radius 2 is 1.80 bits per heavy atom. The number of hydrogen-bond acceptors (Lipinski definition) is 3. The molecule has 0 aliphatic carbocycles. The molecule has 2 rings (SSSR count). The summed E-state index contributed by atoms with van der Waals surface area (Å²) in [5.41, 5.74) is -1.15. The van der Waals surface area contributed by atoms with Gasteiger partial charge in [0.25, 0.3) is 10.0 Å². The predicted octanol–water partition coefficient (Wildman–Crippen LogP) is 3.27. The highest BCUT2D eigenvalue weighted by Crippen LogP contribution is 2.32. The molecule has 0 amide bonds. The van der Waals surface area contributed by atoms with E-state index in [0.29, 0.717) is 12.1 Å². The average Bonchev–Trinajstić information content (AvgIpc) is 2.45. The summed E-state index contributed by atoms with van der Waals surface area (Å²) in [5.74, 6) is -2.49. The van der Waals surface area contributed by atoms with Crippen LogP contribution >= 0.6 is 0 Å². The van der Waals surface area contributed by atoms with E-state index in [9.17, 15) is 30.8 Å². The number of anilines is 1. The number of alkyl halides is 3. The molecule has 0 aromatic heterocycles. The lowest BCUT2D eigenvalue weighted by Gasteiger charge is -2.12. The first-order valence-electron chi connectivity index (χ1n) is 6.69. The molecule has 0 aliphatic heterocycles. The minimum absolute atomic E-state index is 0.101. The molecule has 0 unspecified atom stereocenters. The van der Waals surface area contributed by atoms with Gasteiger partial charge in [-0.15, -0.1) is 0 Å². The summed E-state index contributed by atoms with van der Waals surface area (Å²) in [6.45, 7) is 0. The summed E-state index contributed by atoms with van der Waals surface area (Å²) in [5, 5.41) is 8.72. The van der Waals surface area contributed by atoms with E-state index in [0.717, 1.165) is 0 Å². The van der Waals surface area contributed by atoms with Gasteiger partial charge in [0, 0.05) is 5.69 Å². The lowest BCUT2D eigenvalue weighted by Crippen LogP contribution is -2.16. The normalized spacial score (nSPS) is 12.0. The lowest BCUT2D eigenvalue weighted by atomic mass is 10.1. The van der Waals surface area contributed by atoms with Crippen LogP contribution in [0.2, 0.25) is 0 Å². The lowest BCUT2D eigenvalue weighted by molar-refractivity contribution is -0.138.